The minimum absolute atomic E-state index is 0.296. The molecule has 0 spiro atoms. The van der Waals surface area contributed by atoms with E-state index in [9.17, 15) is 9.90 Å². The molecular formula is C12H14O4. The maximum atomic E-state index is 10.9. The number of benzene rings is 1. The molecule has 1 aromatic rings. The number of aliphatic hydroxyl groups excluding tert-OH is 1. The first-order valence-electron chi connectivity index (χ1n) is 4.71. The van der Waals surface area contributed by atoms with Gasteiger partial charge in [-0.2, -0.15) is 0 Å². The van der Waals surface area contributed by atoms with Crippen LogP contribution in [0.5, 0.6) is 11.5 Å². The normalized spacial score (nSPS) is 11.1. The van der Waals surface area contributed by atoms with Gasteiger partial charge >= 0.3 is 0 Å². The van der Waals surface area contributed by atoms with Gasteiger partial charge in [-0.25, -0.2) is 0 Å². The van der Waals surface area contributed by atoms with Gasteiger partial charge in [-0.15, -0.1) is 0 Å². The third kappa shape index (κ3) is 3.02. The van der Waals surface area contributed by atoms with Crippen LogP contribution < -0.4 is 9.47 Å². The van der Waals surface area contributed by atoms with Crippen LogP contribution in [0, 0.1) is 0 Å². The molecular weight excluding hydrogens is 208 g/mol. The number of hydrogen-bond acceptors (Lipinski definition) is 4. The second-order valence-corrected chi connectivity index (χ2v) is 3.23. The number of ether oxygens (including phenoxy) is 2. The Labute approximate surface area is 94.1 Å². The highest BCUT2D eigenvalue weighted by atomic mass is 16.5. The van der Waals surface area contributed by atoms with Crippen molar-refractivity contribution in [1.29, 1.82) is 0 Å². The Hall–Kier alpha value is -1.97. The van der Waals surface area contributed by atoms with Gasteiger partial charge in [0.15, 0.2) is 11.5 Å². The molecule has 1 aromatic carbocycles. The van der Waals surface area contributed by atoms with E-state index in [0.717, 1.165) is 0 Å². The van der Waals surface area contributed by atoms with E-state index in [1.54, 1.807) is 18.2 Å². The van der Waals surface area contributed by atoms with Crippen molar-refractivity contribution in [3.05, 3.63) is 29.5 Å². The van der Waals surface area contributed by atoms with Crippen molar-refractivity contribution in [2.45, 2.75) is 6.92 Å². The number of hydrogen-bond donors (Lipinski definition) is 1. The summed E-state index contributed by atoms with van der Waals surface area (Å²) in [7, 11) is 3.07. The van der Waals surface area contributed by atoms with Gasteiger partial charge in [0, 0.05) is 13.0 Å². The zero-order valence-electron chi connectivity index (χ0n) is 9.48. The highest BCUT2D eigenvalue weighted by Gasteiger charge is 2.03. The number of ketones is 1. The summed E-state index contributed by atoms with van der Waals surface area (Å²) >= 11 is 0. The predicted octanol–water partition coefficient (Wildman–Crippen LogP) is 2.19. The summed E-state index contributed by atoms with van der Waals surface area (Å²) in [5.74, 6) is 0.515. The Morgan fingerprint density at radius 3 is 2.06 bits per heavy atom. The van der Waals surface area contributed by atoms with Crippen molar-refractivity contribution >= 4 is 11.9 Å². The van der Waals surface area contributed by atoms with Crippen LogP contribution in [0.1, 0.15) is 12.5 Å². The van der Waals surface area contributed by atoms with Crippen molar-refractivity contribution in [3.63, 3.8) is 0 Å². The van der Waals surface area contributed by atoms with E-state index in [-0.39, 0.29) is 11.5 Å². The van der Waals surface area contributed by atoms with Gasteiger partial charge in [0.1, 0.15) is 11.5 Å². The van der Waals surface area contributed by atoms with E-state index in [4.69, 9.17) is 9.47 Å². The lowest BCUT2D eigenvalue weighted by atomic mass is 10.1. The summed E-state index contributed by atoms with van der Waals surface area (Å²) in [6.45, 7) is 1.29. The molecule has 0 amide bonds. The fourth-order valence-corrected chi connectivity index (χ4v) is 1.17. The summed E-state index contributed by atoms with van der Waals surface area (Å²) in [6.07, 6.45) is 1.37. The molecule has 0 aliphatic carbocycles. The highest BCUT2D eigenvalue weighted by molar-refractivity contribution is 5.95. The van der Waals surface area contributed by atoms with Gasteiger partial charge in [-0.1, -0.05) is 0 Å². The van der Waals surface area contributed by atoms with Crippen LogP contribution in [0.2, 0.25) is 0 Å². The standard InChI is InChI=1S/C12H14O4/c1-8(13)12(14)6-9-4-10(15-2)7-11(5-9)16-3/h4-7,14H,1-3H3/b12-6-. The number of Topliss-reactive ketones (excluding diaryl/α,β-unsaturated/α-hetero) is 1. The molecule has 0 saturated carbocycles. The predicted molar refractivity (Wildman–Crippen MR) is 60.8 cm³/mol. The van der Waals surface area contributed by atoms with E-state index in [0.29, 0.717) is 17.1 Å². The Balaban J connectivity index is 3.13. The first-order chi connectivity index (χ1) is 7.56. The fraction of sp³-hybridized carbons (Fsp3) is 0.250. The lowest BCUT2D eigenvalue weighted by Gasteiger charge is -2.06. The first-order valence-corrected chi connectivity index (χ1v) is 4.71. The molecule has 4 heteroatoms. The number of rotatable bonds is 4. The smallest absolute Gasteiger partial charge is 0.194 e. The zero-order chi connectivity index (χ0) is 12.1. The number of allylic oxidation sites excluding steroid dienone is 1. The van der Waals surface area contributed by atoms with Crippen molar-refractivity contribution in [1.82, 2.24) is 0 Å². The molecule has 16 heavy (non-hydrogen) atoms. The molecule has 0 aromatic heterocycles. The van der Waals surface area contributed by atoms with Crippen LogP contribution in [0.4, 0.5) is 0 Å². The molecule has 86 valence electrons. The van der Waals surface area contributed by atoms with Crippen LogP contribution in [-0.2, 0) is 4.79 Å². The Morgan fingerprint density at radius 1 is 1.19 bits per heavy atom. The molecule has 0 unspecified atom stereocenters. The SMILES string of the molecule is COc1cc(/C=C(\O)C(C)=O)cc(OC)c1. The third-order valence-electron chi connectivity index (χ3n) is 2.04. The number of methoxy groups -OCH3 is 2. The van der Waals surface area contributed by atoms with Crippen LogP contribution in [0.25, 0.3) is 6.08 Å². The summed E-state index contributed by atoms with van der Waals surface area (Å²) in [6, 6.07) is 5.10. The lowest BCUT2D eigenvalue weighted by molar-refractivity contribution is -0.115. The van der Waals surface area contributed by atoms with E-state index in [1.807, 2.05) is 0 Å². The van der Waals surface area contributed by atoms with Crippen molar-refractivity contribution in [2.75, 3.05) is 14.2 Å². The average molecular weight is 222 g/mol. The van der Waals surface area contributed by atoms with E-state index < -0.39 is 0 Å². The minimum Gasteiger partial charge on any atom is -0.504 e. The molecule has 0 heterocycles. The van der Waals surface area contributed by atoms with Gasteiger partial charge in [-0.3, -0.25) is 4.79 Å². The van der Waals surface area contributed by atoms with Crippen LogP contribution in [0.3, 0.4) is 0 Å². The van der Waals surface area contributed by atoms with Crippen LogP contribution in [-0.4, -0.2) is 25.1 Å². The fourth-order valence-electron chi connectivity index (χ4n) is 1.17. The molecule has 0 radical (unpaired) electrons. The molecule has 0 bridgehead atoms. The van der Waals surface area contributed by atoms with E-state index >= 15 is 0 Å². The summed E-state index contributed by atoms with van der Waals surface area (Å²) in [4.78, 5) is 10.9. The maximum absolute atomic E-state index is 10.9. The maximum Gasteiger partial charge on any atom is 0.194 e. The first kappa shape index (κ1) is 12.1. The van der Waals surface area contributed by atoms with Crippen LogP contribution >= 0.6 is 0 Å². The average Bonchev–Trinajstić information content (AvgIpc) is 2.28. The third-order valence-corrected chi connectivity index (χ3v) is 2.04. The van der Waals surface area contributed by atoms with Crippen LogP contribution in [0.15, 0.2) is 24.0 Å². The molecule has 1 N–H and O–H groups in total. The molecule has 0 aliphatic heterocycles. The second kappa shape index (κ2) is 5.21. The molecule has 4 nitrogen and oxygen atoms in total. The summed E-state index contributed by atoms with van der Waals surface area (Å²) in [5.41, 5.74) is 0.643. The Bertz CT molecular complexity index is 399. The number of carbonyl (C=O) groups is 1. The van der Waals surface area contributed by atoms with E-state index in [2.05, 4.69) is 0 Å². The zero-order valence-corrected chi connectivity index (χ0v) is 9.48. The van der Waals surface area contributed by atoms with Gasteiger partial charge < -0.3 is 14.6 Å². The topological polar surface area (TPSA) is 55.8 Å². The molecule has 0 saturated heterocycles. The van der Waals surface area contributed by atoms with Gasteiger partial charge in [-0.05, 0) is 23.8 Å². The van der Waals surface area contributed by atoms with Gasteiger partial charge in [0.05, 0.1) is 14.2 Å². The number of carbonyl (C=O) groups excluding carboxylic acids is 1. The number of aliphatic hydroxyl groups is 1. The quantitative estimate of drug-likeness (QED) is 0.626. The monoisotopic (exact) mass is 222 g/mol. The summed E-state index contributed by atoms with van der Waals surface area (Å²) in [5, 5.41) is 9.34. The Morgan fingerprint density at radius 2 is 1.69 bits per heavy atom. The molecule has 0 fully saturated rings. The molecule has 0 atom stereocenters. The lowest BCUT2D eigenvalue weighted by Crippen LogP contribution is -1.95. The summed E-state index contributed by atoms with van der Waals surface area (Å²) < 4.78 is 10.1. The second-order valence-electron chi connectivity index (χ2n) is 3.23. The van der Waals surface area contributed by atoms with Gasteiger partial charge in [0.25, 0.3) is 0 Å². The van der Waals surface area contributed by atoms with Crippen molar-refractivity contribution < 1.29 is 19.4 Å². The van der Waals surface area contributed by atoms with Crippen molar-refractivity contribution in [2.24, 2.45) is 0 Å². The highest BCUT2D eigenvalue weighted by Crippen LogP contribution is 2.23. The molecule has 1 rings (SSSR count). The van der Waals surface area contributed by atoms with Gasteiger partial charge in [0.2, 0.25) is 0 Å². The molecule has 0 aliphatic rings. The minimum atomic E-state index is -0.387. The Kier molecular flexibility index (Phi) is 3.94. The van der Waals surface area contributed by atoms with E-state index in [1.165, 1.54) is 27.2 Å². The van der Waals surface area contributed by atoms with Crippen molar-refractivity contribution in [3.8, 4) is 11.5 Å². The largest absolute Gasteiger partial charge is 0.504 e.